The number of aliphatic carboxylic acids is 1. The number of aromatic amines is 1. The maximum absolute atomic E-state index is 12.8. The van der Waals surface area contributed by atoms with Gasteiger partial charge in [0, 0.05) is 28.7 Å². The number of anilines is 1. The summed E-state index contributed by atoms with van der Waals surface area (Å²) in [5.74, 6) is -2.01. The Morgan fingerprint density at radius 3 is 2.31 bits per heavy atom. The van der Waals surface area contributed by atoms with Crippen LogP contribution in [0.5, 0.6) is 0 Å². The summed E-state index contributed by atoms with van der Waals surface area (Å²) in [5, 5.41) is 15.2. The highest BCUT2D eigenvalue weighted by Gasteiger charge is 2.30. The molecule has 8 nitrogen and oxygen atoms in total. The molecule has 0 saturated heterocycles. The van der Waals surface area contributed by atoms with E-state index in [1.807, 2.05) is 54.6 Å². The lowest BCUT2D eigenvalue weighted by Gasteiger charge is -2.19. The van der Waals surface area contributed by atoms with Crippen molar-refractivity contribution in [3.8, 4) is 11.1 Å². The number of hydrogen-bond acceptors (Lipinski definition) is 4. The first-order valence-electron chi connectivity index (χ1n) is 11.2. The number of hydrogen-bond donors (Lipinski definition) is 4. The number of carbonyl (C=O) groups is 3. The van der Waals surface area contributed by atoms with E-state index in [0.29, 0.717) is 5.69 Å². The number of benzene rings is 3. The molecule has 1 atom stereocenters. The van der Waals surface area contributed by atoms with Crippen LogP contribution in [-0.4, -0.2) is 40.7 Å². The fourth-order valence-corrected chi connectivity index (χ4v) is 4.53. The van der Waals surface area contributed by atoms with Crippen LogP contribution < -0.4 is 10.6 Å². The lowest BCUT2D eigenvalue weighted by molar-refractivity contribution is -0.139. The van der Waals surface area contributed by atoms with E-state index in [4.69, 9.17) is 4.74 Å². The van der Waals surface area contributed by atoms with Crippen LogP contribution in [0.3, 0.4) is 0 Å². The molecule has 1 aliphatic carbocycles. The van der Waals surface area contributed by atoms with Crippen LogP contribution in [0.25, 0.3) is 22.0 Å². The predicted molar refractivity (Wildman–Crippen MR) is 131 cm³/mol. The predicted octanol–water partition coefficient (Wildman–Crippen LogP) is 4.49. The molecule has 3 aromatic carbocycles. The van der Waals surface area contributed by atoms with Gasteiger partial charge in [0.15, 0.2) is 0 Å². The van der Waals surface area contributed by atoms with Crippen molar-refractivity contribution in [2.45, 2.75) is 18.4 Å². The summed E-state index contributed by atoms with van der Waals surface area (Å²) < 4.78 is 5.47. The van der Waals surface area contributed by atoms with E-state index >= 15 is 0 Å². The summed E-state index contributed by atoms with van der Waals surface area (Å²) >= 11 is 0. The van der Waals surface area contributed by atoms with Crippen molar-refractivity contribution in [3.63, 3.8) is 0 Å². The van der Waals surface area contributed by atoms with Gasteiger partial charge in [-0.25, -0.2) is 4.79 Å². The van der Waals surface area contributed by atoms with Crippen molar-refractivity contribution in [2.75, 3.05) is 11.9 Å². The molecule has 0 saturated carbocycles. The van der Waals surface area contributed by atoms with Crippen molar-refractivity contribution in [1.29, 1.82) is 0 Å². The maximum Gasteiger partial charge on any atom is 0.407 e. The smallest absolute Gasteiger partial charge is 0.407 e. The molecule has 0 radical (unpaired) electrons. The van der Waals surface area contributed by atoms with Gasteiger partial charge in [0.05, 0.1) is 6.42 Å². The second kappa shape index (κ2) is 9.34. The summed E-state index contributed by atoms with van der Waals surface area (Å²) in [6.45, 7) is 0.0609. The van der Waals surface area contributed by atoms with Crippen LogP contribution in [0, 0.1) is 0 Å². The summed E-state index contributed by atoms with van der Waals surface area (Å²) in [7, 11) is 0. The largest absolute Gasteiger partial charge is 0.481 e. The quantitative estimate of drug-likeness (QED) is 0.318. The van der Waals surface area contributed by atoms with E-state index in [0.717, 1.165) is 33.2 Å². The number of carboxylic acid groups (broad SMARTS) is 1. The third-order valence-electron chi connectivity index (χ3n) is 6.15. The van der Waals surface area contributed by atoms with Gasteiger partial charge >= 0.3 is 12.1 Å². The number of H-pyrrole nitrogens is 1. The summed E-state index contributed by atoms with van der Waals surface area (Å²) in [6.07, 6.45) is 0.347. The van der Waals surface area contributed by atoms with Gasteiger partial charge in [-0.15, -0.1) is 0 Å². The van der Waals surface area contributed by atoms with Crippen molar-refractivity contribution in [2.24, 2.45) is 0 Å². The first-order valence-corrected chi connectivity index (χ1v) is 11.2. The zero-order chi connectivity index (χ0) is 24.4. The Labute approximate surface area is 200 Å². The summed E-state index contributed by atoms with van der Waals surface area (Å²) in [5.41, 5.74) is 5.70. The molecule has 4 aromatic rings. The zero-order valence-electron chi connectivity index (χ0n) is 18.7. The van der Waals surface area contributed by atoms with Crippen molar-refractivity contribution < 1.29 is 24.2 Å². The van der Waals surface area contributed by atoms with Gasteiger partial charge in [-0.05, 0) is 46.5 Å². The molecule has 0 bridgehead atoms. The van der Waals surface area contributed by atoms with Crippen molar-refractivity contribution >= 4 is 34.6 Å². The van der Waals surface area contributed by atoms with E-state index in [-0.39, 0.29) is 12.5 Å². The molecule has 1 aromatic heterocycles. The molecule has 1 heterocycles. The number of carboxylic acids is 1. The number of rotatable bonds is 7. The molecular formula is C27H23N3O5. The van der Waals surface area contributed by atoms with Crippen LogP contribution in [-0.2, 0) is 14.3 Å². The number of fused-ring (bicyclic) bond motifs is 4. The molecule has 0 spiro atoms. The average molecular weight is 469 g/mol. The molecule has 1 unspecified atom stereocenters. The lowest BCUT2D eigenvalue weighted by atomic mass is 9.98. The Kier molecular flexibility index (Phi) is 5.93. The number of nitrogens with one attached hydrogen (secondary N) is 3. The fourth-order valence-electron chi connectivity index (χ4n) is 4.53. The monoisotopic (exact) mass is 469 g/mol. The molecule has 4 N–H and O–H groups in total. The minimum atomic E-state index is -1.30. The zero-order valence-corrected chi connectivity index (χ0v) is 18.7. The second-order valence-electron chi connectivity index (χ2n) is 8.39. The van der Waals surface area contributed by atoms with Gasteiger partial charge in [0.2, 0.25) is 5.91 Å². The van der Waals surface area contributed by atoms with E-state index in [2.05, 4.69) is 15.6 Å². The molecule has 5 rings (SSSR count). The highest BCUT2D eigenvalue weighted by molar-refractivity contribution is 5.99. The minimum Gasteiger partial charge on any atom is -0.481 e. The number of ether oxygens (including phenoxy) is 1. The molecular weight excluding hydrogens is 446 g/mol. The molecule has 1 aliphatic rings. The maximum atomic E-state index is 12.8. The van der Waals surface area contributed by atoms with Crippen molar-refractivity contribution in [3.05, 3.63) is 90.1 Å². The fraction of sp³-hybridized carbons (Fsp3) is 0.148. The molecule has 0 fully saturated rings. The first kappa shape index (κ1) is 22.2. The number of amides is 2. The Morgan fingerprint density at radius 1 is 0.943 bits per heavy atom. The first-order chi connectivity index (χ1) is 17.0. The molecule has 0 aliphatic heterocycles. The van der Waals surface area contributed by atoms with Gasteiger partial charge in [-0.2, -0.15) is 0 Å². The van der Waals surface area contributed by atoms with Crippen LogP contribution in [0.2, 0.25) is 0 Å². The Morgan fingerprint density at radius 2 is 1.63 bits per heavy atom. The second-order valence-corrected chi connectivity index (χ2v) is 8.39. The highest BCUT2D eigenvalue weighted by Crippen LogP contribution is 2.44. The summed E-state index contributed by atoms with van der Waals surface area (Å²) in [4.78, 5) is 39.8. The molecule has 176 valence electrons. The molecule has 35 heavy (non-hydrogen) atoms. The minimum absolute atomic E-state index is 0.0609. The normalized spacial score (nSPS) is 13.0. The van der Waals surface area contributed by atoms with Gasteiger partial charge in [-0.3, -0.25) is 9.59 Å². The number of carbonyl (C=O) groups excluding carboxylic acids is 2. The van der Waals surface area contributed by atoms with Crippen LogP contribution >= 0.6 is 0 Å². The van der Waals surface area contributed by atoms with Crippen molar-refractivity contribution in [1.82, 2.24) is 10.3 Å². The van der Waals surface area contributed by atoms with Gasteiger partial charge in [0.1, 0.15) is 12.6 Å². The lowest BCUT2D eigenvalue weighted by Crippen LogP contribution is -2.45. The third kappa shape index (κ3) is 4.59. The standard InChI is InChI=1S/C27H23N3O5/c31-25(32)14-24(26(33)29-17-9-10-23-16(13-17)11-12-28-23)30-27(34)35-15-22-20-7-3-1-5-18(20)19-6-2-4-8-21(19)22/h1-13,22,24,28H,14-15H2,(H,29,33)(H,30,34)(H,31,32). The Balaban J connectivity index is 1.26. The molecule has 8 heteroatoms. The van der Waals surface area contributed by atoms with Crippen LogP contribution in [0.15, 0.2) is 79.0 Å². The van der Waals surface area contributed by atoms with Gasteiger partial charge in [-0.1, -0.05) is 48.5 Å². The summed E-state index contributed by atoms with van der Waals surface area (Å²) in [6, 6.07) is 21.7. The Bertz CT molecular complexity index is 1380. The van der Waals surface area contributed by atoms with Crippen LogP contribution in [0.1, 0.15) is 23.5 Å². The van der Waals surface area contributed by atoms with Gasteiger partial charge in [0.25, 0.3) is 0 Å². The highest BCUT2D eigenvalue weighted by atomic mass is 16.5. The van der Waals surface area contributed by atoms with E-state index in [9.17, 15) is 19.5 Å². The van der Waals surface area contributed by atoms with E-state index < -0.39 is 30.4 Å². The SMILES string of the molecule is O=C(O)CC(NC(=O)OCC1c2ccccc2-c2ccccc21)C(=O)Nc1ccc2[nH]ccc2c1. The average Bonchev–Trinajstić information content (AvgIpc) is 3.44. The van der Waals surface area contributed by atoms with E-state index in [1.54, 1.807) is 24.4 Å². The third-order valence-corrected chi connectivity index (χ3v) is 6.15. The van der Waals surface area contributed by atoms with Gasteiger partial charge < -0.3 is 25.5 Å². The number of aromatic nitrogens is 1. The van der Waals surface area contributed by atoms with Crippen LogP contribution in [0.4, 0.5) is 10.5 Å². The molecule has 2 amide bonds. The topological polar surface area (TPSA) is 121 Å². The van der Waals surface area contributed by atoms with E-state index in [1.165, 1.54) is 0 Å². The Hall–Kier alpha value is -4.59. The number of alkyl carbamates (subject to hydrolysis) is 1.